The predicted molar refractivity (Wildman–Crippen MR) is 85.3 cm³/mol. The fraction of sp³-hybridized carbons (Fsp3) is 0.812. The van der Waals surface area contributed by atoms with Gasteiger partial charge in [-0.05, 0) is 25.3 Å². The summed E-state index contributed by atoms with van der Waals surface area (Å²) in [5.74, 6) is 0.900. The third-order valence-corrected chi connectivity index (χ3v) is 4.96. The molecule has 0 aliphatic heterocycles. The first-order chi connectivity index (χ1) is 9.65. The van der Waals surface area contributed by atoms with Crippen LogP contribution in [0.4, 0.5) is 0 Å². The maximum Gasteiger partial charge on any atom is 0.0850 e. The molecule has 1 heterocycles. The maximum absolute atomic E-state index is 6.48. The molecule has 0 saturated heterocycles. The van der Waals surface area contributed by atoms with Crippen LogP contribution in [-0.2, 0) is 19.9 Å². The summed E-state index contributed by atoms with van der Waals surface area (Å²) in [6.45, 7) is 5.32. The van der Waals surface area contributed by atoms with Crippen LogP contribution in [0, 0.1) is 5.92 Å². The SMILES string of the molecule is CCNC(Cc1c(Cl)c(CC)nn1C)CC1CCCC1. The molecule has 1 aromatic rings. The van der Waals surface area contributed by atoms with E-state index in [9.17, 15) is 0 Å². The van der Waals surface area contributed by atoms with Crippen LogP contribution >= 0.6 is 11.6 Å². The summed E-state index contributed by atoms with van der Waals surface area (Å²) in [5.41, 5.74) is 2.22. The van der Waals surface area contributed by atoms with Crippen molar-refractivity contribution in [3.05, 3.63) is 16.4 Å². The van der Waals surface area contributed by atoms with Crippen LogP contribution in [-0.4, -0.2) is 22.4 Å². The Morgan fingerprint density at radius 2 is 2.05 bits per heavy atom. The van der Waals surface area contributed by atoms with Crippen molar-refractivity contribution < 1.29 is 0 Å². The number of aromatic nitrogens is 2. The van der Waals surface area contributed by atoms with Crippen LogP contribution in [0.5, 0.6) is 0 Å². The quantitative estimate of drug-likeness (QED) is 0.831. The first-order valence-electron chi connectivity index (χ1n) is 8.09. The topological polar surface area (TPSA) is 29.9 Å². The Morgan fingerprint density at radius 1 is 1.35 bits per heavy atom. The Kier molecular flexibility index (Phi) is 5.91. The van der Waals surface area contributed by atoms with E-state index in [2.05, 4.69) is 24.3 Å². The lowest BCUT2D eigenvalue weighted by Crippen LogP contribution is -2.33. The number of hydrogen-bond donors (Lipinski definition) is 1. The molecule has 114 valence electrons. The zero-order valence-corrected chi connectivity index (χ0v) is 13.8. The van der Waals surface area contributed by atoms with Gasteiger partial charge in [-0.15, -0.1) is 0 Å². The van der Waals surface area contributed by atoms with Gasteiger partial charge in [0.2, 0.25) is 0 Å². The highest BCUT2D eigenvalue weighted by Crippen LogP contribution is 2.30. The lowest BCUT2D eigenvalue weighted by Gasteiger charge is -2.21. The maximum atomic E-state index is 6.48. The molecule has 0 radical (unpaired) electrons. The van der Waals surface area contributed by atoms with Crippen LogP contribution in [0.3, 0.4) is 0 Å². The average Bonchev–Trinajstić information content (AvgIpc) is 3.02. The van der Waals surface area contributed by atoms with Gasteiger partial charge < -0.3 is 5.32 Å². The second kappa shape index (κ2) is 7.46. The molecule has 1 atom stereocenters. The lowest BCUT2D eigenvalue weighted by atomic mass is 9.95. The smallest absolute Gasteiger partial charge is 0.0850 e. The molecule has 1 fully saturated rings. The van der Waals surface area contributed by atoms with Crippen molar-refractivity contribution in [2.75, 3.05) is 6.54 Å². The average molecular weight is 298 g/mol. The van der Waals surface area contributed by atoms with E-state index in [0.29, 0.717) is 6.04 Å². The van der Waals surface area contributed by atoms with E-state index >= 15 is 0 Å². The molecule has 1 aliphatic rings. The molecule has 2 rings (SSSR count). The Hall–Kier alpha value is -0.540. The fourth-order valence-corrected chi connectivity index (χ4v) is 3.82. The van der Waals surface area contributed by atoms with Gasteiger partial charge in [-0.3, -0.25) is 4.68 Å². The van der Waals surface area contributed by atoms with E-state index in [0.717, 1.165) is 36.0 Å². The van der Waals surface area contributed by atoms with Gasteiger partial charge in [0, 0.05) is 19.5 Å². The first kappa shape index (κ1) is 15.8. The lowest BCUT2D eigenvalue weighted by molar-refractivity contribution is 0.385. The van der Waals surface area contributed by atoms with Crippen molar-refractivity contribution >= 4 is 11.6 Å². The van der Waals surface area contributed by atoms with E-state index in [1.165, 1.54) is 37.8 Å². The van der Waals surface area contributed by atoms with Crippen molar-refractivity contribution in [3.8, 4) is 0 Å². The Balaban J connectivity index is 2.04. The molecule has 4 heteroatoms. The molecule has 20 heavy (non-hydrogen) atoms. The van der Waals surface area contributed by atoms with E-state index in [1.54, 1.807) is 0 Å². The standard InChI is InChI=1S/C16H28ClN3/c1-4-14-16(17)15(20(3)19-14)11-13(18-5-2)10-12-8-6-7-9-12/h12-13,18H,4-11H2,1-3H3. The monoisotopic (exact) mass is 297 g/mol. The number of likely N-dealkylation sites (N-methyl/N-ethyl adjacent to an activating group) is 1. The molecule has 1 saturated carbocycles. The zero-order valence-electron chi connectivity index (χ0n) is 13.1. The molecular weight excluding hydrogens is 270 g/mol. The summed E-state index contributed by atoms with van der Waals surface area (Å²) >= 11 is 6.48. The van der Waals surface area contributed by atoms with Gasteiger partial charge in [0.15, 0.2) is 0 Å². The predicted octanol–water partition coefficient (Wildman–Crippen LogP) is 3.74. The fourth-order valence-electron chi connectivity index (χ4n) is 3.45. The van der Waals surface area contributed by atoms with Crippen LogP contribution < -0.4 is 5.32 Å². The Bertz CT molecular complexity index is 422. The Morgan fingerprint density at radius 3 is 2.60 bits per heavy atom. The third-order valence-electron chi connectivity index (χ3n) is 4.53. The highest BCUT2D eigenvalue weighted by atomic mass is 35.5. The largest absolute Gasteiger partial charge is 0.314 e. The molecule has 0 spiro atoms. The summed E-state index contributed by atoms with van der Waals surface area (Å²) < 4.78 is 1.97. The second-order valence-corrected chi connectivity index (χ2v) is 6.41. The van der Waals surface area contributed by atoms with Crippen LogP contribution in [0.25, 0.3) is 0 Å². The summed E-state index contributed by atoms with van der Waals surface area (Å²) in [4.78, 5) is 0. The summed E-state index contributed by atoms with van der Waals surface area (Å²) in [6, 6.07) is 0.528. The van der Waals surface area contributed by atoms with Crippen LogP contribution in [0.15, 0.2) is 0 Å². The van der Waals surface area contributed by atoms with Crippen molar-refractivity contribution in [1.29, 1.82) is 0 Å². The van der Waals surface area contributed by atoms with Gasteiger partial charge in [0.05, 0.1) is 16.4 Å². The minimum atomic E-state index is 0.528. The number of nitrogens with one attached hydrogen (secondary N) is 1. The number of nitrogens with zero attached hydrogens (tertiary/aromatic N) is 2. The van der Waals surface area contributed by atoms with Gasteiger partial charge in [-0.2, -0.15) is 5.10 Å². The van der Waals surface area contributed by atoms with Crippen LogP contribution in [0.1, 0.15) is 57.3 Å². The van der Waals surface area contributed by atoms with Gasteiger partial charge in [0.25, 0.3) is 0 Å². The number of aryl methyl sites for hydroxylation is 2. The van der Waals surface area contributed by atoms with E-state index < -0.39 is 0 Å². The highest BCUT2D eigenvalue weighted by molar-refractivity contribution is 6.31. The van der Waals surface area contributed by atoms with E-state index in [1.807, 2.05) is 11.7 Å². The summed E-state index contributed by atoms with van der Waals surface area (Å²) in [6.07, 6.45) is 8.80. The van der Waals surface area contributed by atoms with Gasteiger partial charge in [0.1, 0.15) is 0 Å². The minimum absolute atomic E-state index is 0.528. The highest BCUT2D eigenvalue weighted by Gasteiger charge is 2.22. The molecule has 1 unspecified atom stereocenters. The molecule has 1 N–H and O–H groups in total. The second-order valence-electron chi connectivity index (χ2n) is 6.03. The van der Waals surface area contributed by atoms with E-state index in [-0.39, 0.29) is 0 Å². The van der Waals surface area contributed by atoms with Gasteiger partial charge >= 0.3 is 0 Å². The molecule has 1 aliphatic carbocycles. The van der Waals surface area contributed by atoms with Crippen molar-refractivity contribution in [2.24, 2.45) is 13.0 Å². The number of rotatable bonds is 7. The van der Waals surface area contributed by atoms with Gasteiger partial charge in [-0.1, -0.05) is 51.1 Å². The summed E-state index contributed by atoms with van der Waals surface area (Å²) in [5, 5.41) is 9.05. The molecule has 0 aromatic carbocycles. The number of hydrogen-bond acceptors (Lipinski definition) is 2. The van der Waals surface area contributed by atoms with Crippen LogP contribution in [0.2, 0.25) is 5.02 Å². The van der Waals surface area contributed by atoms with E-state index in [4.69, 9.17) is 11.6 Å². The Labute approximate surface area is 128 Å². The normalized spacial score (nSPS) is 17.8. The van der Waals surface area contributed by atoms with Crippen molar-refractivity contribution in [3.63, 3.8) is 0 Å². The van der Waals surface area contributed by atoms with Crippen molar-refractivity contribution in [2.45, 2.75) is 64.8 Å². The minimum Gasteiger partial charge on any atom is -0.314 e. The third kappa shape index (κ3) is 3.76. The number of halogens is 1. The molecule has 0 bridgehead atoms. The van der Waals surface area contributed by atoms with Crippen molar-refractivity contribution in [1.82, 2.24) is 15.1 Å². The molecular formula is C16H28ClN3. The summed E-state index contributed by atoms with van der Waals surface area (Å²) in [7, 11) is 2.01. The molecule has 0 amide bonds. The molecule has 1 aromatic heterocycles. The van der Waals surface area contributed by atoms with Gasteiger partial charge in [-0.25, -0.2) is 0 Å². The first-order valence-corrected chi connectivity index (χ1v) is 8.47. The molecule has 3 nitrogen and oxygen atoms in total. The zero-order chi connectivity index (χ0) is 14.5.